The van der Waals surface area contributed by atoms with Crippen LogP contribution >= 0.6 is 0 Å². The number of carbonyl (C=O) groups is 1. The lowest BCUT2D eigenvalue weighted by Crippen LogP contribution is -2.24. The van der Waals surface area contributed by atoms with Crippen molar-refractivity contribution in [1.29, 1.82) is 0 Å². The van der Waals surface area contributed by atoms with Gasteiger partial charge < -0.3 is 15.4 Å². The van der Waals surface area contributed by atoms with Crippen LogP contribution in [0, 0.1) is 0 Å². The highest BCUT2D eigenvalue weighted by Crippen LogP contribution is 2.19. The van der Waals surface area contributed by atoms with Crippen LogP contribution in [0.15, 0.2) is 42.6 Å². The van der Waals surface area contributed by atoms with Crippen LogP contribution in [0.1, 0.15) is 44.0 Å². The molecule has 0 aliphatic heterocycles. The quantitative estimate of drug-likeness (QED) is 0.715. The Morgan fingerprint density at radius 3 is 2.50 bits per heavy atom. The van der Waals surface area contributed by atoms with Crippen LogP contribution in [0.3, 0.4) is 0 Å². The number of ether oxygens (including phenoxy) is 1. The van der Waals surface area contributed by atoms with Gasteiger partial charge in [0.2, 0.25) is 0 Å². The van der Waals surface area contributed by atoms with Crippen molar-refractivity contribution in [2.45, 2.75) is 39.7 Å². The molecule has 2 aromatic rings. The van der Waals surface area contributed by atoms with Gasteiger partial charge in [0.15, 0.2) is 0 Å². The minimum absolute atomic E-state index is 0.0855. The predicted octanol–water partition coefficient (Wildman–Crippen LogP) is 4.14. The Balaban J connectivity index is 1.92. The number of aromatic nitrogens is 1. The lowest BCUT2D eigenvalue weighted by molar-refractivity contribution is 0.0953. The maximum Gasteiger partial charge on any atom is 0.252 e. The van der Waals surface area contributed by atoms with Crippen molar-refractivity contribution in [1.82, 2.24) is 10.3 Å². The molecule has 1 aromatic carbocycles. The van der Waals surface area contributed by atoms with E-state index in [0.717, 1.165) is 24.3 Å². The summed E-state index contributed by atoms with van der Waals surface area (Å²) in [7, 11) is 0. The Bertz CT molecular complexity index is 637. The molecule has 1 amide bonds. The number of pyridine rings is 1. The molecular formula is C19H25N3O2. The number of hydrogen-bond donors (Lipinski definition) is 2. The van der Waals surface area contributed by atoms with E-state index in [9.17, 15) is 4.79 Å². The van der Waals surface area contributed by atoms with Crippen LogP contribution < -0.4 is 15.4 Å². The fourth-order valence-corrected chi connectivity index (χ4v) is 2.12. The fraction of sp³-hybridized carbons (Fsp3) is 0.368. The van der Waals surface area contributed by atoms with E-state index < -0.39 is 0 Å². The third-order valence-corrected chi connectivity index (χ3v) is 3.34. The van der Waals surface area contributed by atoms with Gasteiger partial charge in [-0.05, 0) is 56.7 Å². The van der Waals surface area contributed by atoms with E-state index in [1.165, 1.54) is 0 Å². The molecule has 1 aromatic heterocycles. The third kappa shape index (κ3) is 5.57. The number of anilines is 2. The number of nitrogens with one attached hydrogen (secondary N) is 2. The Morgan fingerprint density at radius 2 is 1.92 bits per heavy atom. The first-order valence-electron chi connectivity index (χ1n) is 8.36. The molecule has 0 fully saturated rings. The summed E-state index contributed by atoms with van der Waals surface area (Å²) in [6.45, 7) is 6.78. The molecule has 128 valence electrons. The smallest absolute Gasteiger partial charge is 0.252 e. The van der Waals surface area contributed by atoms with E-state index in [-0.39, 0.29) is 12.0 Å². The summed E-state index contributed by atoms with van der Waals surface area (Å²) in [5.41, 5.74) is 1.48. The summed E-state index contributed by atoms with van der Waals surface area (Å²) in [6.07, 6.45) is 3.78. The molecule has 0 saturated heterocycles. The molecule has 0 unspecified atom stereocenters. The topological polar surface area (TPSA) is 63.2 Å². The van der Waals surface area contributed by atoms with Gasteiger partial charge in [0, 0.05) is 18.4 Å². The maximum absolute atomic E-state index is 11.9. The van der Waals surface area contributed by atoms with Gasteiger partial charge >= 0.3 is 0 Å². The largest absolute Gasteiger partial charge is 0.491 e. The highest BCUT2D eigenvalue weighted by Gasteiger charge is 2.05. The molecular weight excluding hydrogens is 302 g/mol. The second-order valence-electron chi connectivity index (χ2n) is 5.86. The summed E-state index contributed by atoms with van der Waals surface area (Å²) in [4.78, 5) is 16.2. The van der Waals surface area contributed by atoms with E-state index in [4.69, 9.17) is 4.74 Å². The van der Waals surface area contributed by atoms with Crippen molar-refractivity contribution in [3.05, 3.63) is 48.2 Å². The van der Waals surface area contributed by atoms with Crippen LogP contribution in [-0.2, 0) is 0 Å². The molecule has 0 spiro atoms. The zero-order valence-electron chi connectivity index (χ0n) is 14.5. The van der Waals surface area contributed by atoms with Crippen LogP contribution in [0.2, 0.25) is 0 Å². The second kappa shape index (κ2) is 8.91. The van der Waals surface area contributed by atoms with Gasteiger partial charge in [0.05, 0.1) is 11.7 Å². The first-order valence-corrected chi connectivity index (χ1v) is 8.36. The number of unbranched alkanes of at least 4 members (excludes halogenated alkanes) is 1. The summed E-state index contributed by atoms with van der Waals surface area (Å²) in [6, 6.07) is 11.3. The van der Waals surface area contributed by atoms with Gasteiger partial charge in [-0.15, -0.1) is 0 Å². The molecule has 2 rings (SSSR count). The number of nitrogens with zero attached hydrogens (tertiary/aromatic N) is 1. The molecule has 0 aliphatic carbocycles. The van der Waals surface area contributed by atoms with Crippen molar-refractivity contribution in [3.8, 4) is 5.75 Å². The molecule has 0 bridgehead atoms. The molecule has 0 aliphatic rings. The van der Waals surface area contributed by atoms with E-state index in [1.54, 1.807) is 18.3 Å². The van der Waals surface area contributed by atoms with Gasteiger partial charge in [-0.2, -0.15) is 0 Å². The van der Waals surface area contributed by atoms with Crippen molar-refractivity contribution < 1.29 is 9.53 Å². The number of benzene rings is 1. The van der Waals surface area contributed by atoms with Crippen molar-refractivity contribution >= 4 is 17.4 Å². The van der Waals surface area contributed by atoms with E-state index >= 15 is 0 Å². The average Bonchev–Trinajstić information content (AvgIpc) is 2.57. The first-order chi connectivity index (χ1) is 11.6. The van der Waals surface area contributed by atoms with E-state index in [0.29, 0.717) is 17.9 Å². The number of hydrogen-bond acceptors (Lipinski definition) is 4. The zero-order valence-corrected chi connectivity index (χ0v) is 14.5. The third-order valence-electron chi connectivity index (χ3n) is 3.34. The standard InChI is InChI=1S/C19H25N3O2/c1-4-5-12-20-19(23)15-6-11-18(21-13-15)22-16-7-9-17(10-8-16)24-14(2)3/h6-11,13-14H,4-5,12H2,1-3H3,(H,20,23)(H,21,22). The summed E-state index contributed by atoms with van der Waals surface area (Å²) >= 11 is 0. The minimum atomic E-state index is -0.0855. The molecule has 1 heterocycles. The van der Waals surface area contributed by atoms with Crippen molar-refractivity contribution in [2.24, 2.45) is 0 Å². The van der Waals surface area contributed by atoms with Gasteiger partial charge in [0.1, 0.15) is 11.6 Å². The molecule has 0 saturated carbocycles. The van der Waals surface area contributed by atoms with Gasteiger partial charge in [-0.1, -0.05) is 13.3 Å². The lowest BCUT2D eigenvalue weighted by Gasteiger charge is -2.11. The molecule has 0 atom stereocenters. The Hall–Kier alpha value is -2.56. The fourth-order valence-electron chi connectivity index (χ4n) is 2.12. The summed E-state index contributed by atoms with van der Waals surface area (Å²) < 4.78 is 5.61. The Labute approximate surface area is 143 Å². The highest BCUT2D eigenvalue weighted by atomic mass is 16.5. The number of carbonyl (C=O) groups excluding carboxylic acids is 1. The van der Waals surface area contributed by atoms with Gasteiger partial charge in [-0.25, -0.2) is 4.98 Å². The molecule has 5 heteroatoms. The van der Waals surface area contributed by atoms with Gasteiger partial charge in [-0.3, -0.25) is 4.79 Å². The molecule has 2 N–H and O–H groups in total. The van der Waals surface area contributed by atoms with E-state index in [1.807, 2.05) is 38.1 Å². The summed E-state index contributed by atoms with van der Waals surface area (Å²) in [5, 5.41) is 6.08. The monoisotopic (exact) mass is 327 g/mol. The average molecular weight is 327 g/mol. The SMILES string of the molecule is CCCCNC(=O)c1ccc(Nc2ccc(OC(C)C)cc2)nc1. The van der Waals surface area contributed by atoms with Crippen molar-refractivity contribution in [3.63, 3.8) is 0 Å². The molecule has 5 nitrogen and oxygen atoms in total. The normalized spacial score (nSPS) is 10.5. The van der Waals surface area contributed by atoms with E-state index in [2.05, 4.69) is 22.5 Å². The second-order valence-corrected chi connectivity index (χ2v) is 5.86. The summed E-state index contributed by atoms with van der Waals surface area (Å²) in [5.74, 6) is 1.44. The minimum Gasteiger partial charge on any atom is -0.491 e. The predicted molar refractivity (Wildman–Crippen MR) is 97.0 cm³/mol. The lowest BCUT2D eigenvalue weighted by atomic mass is 10.2. The van der Waals surface area contributed by atoms with Crippen LogP contribution in [0.4, 0.5) is 11.5 Å². The molecule has 24 heavy (non-hydrogen) atoms. The maximum atomic E-state index is 11.9. The molecule has 0 radical (unpaired) electrons. The first kappa shape index (κ1) is 17.8. The number of rotatable bonds is 8. The van der Waals surface area contributed by atoms with Crippen LogP contribution in [-0.4, -0.2) is 23.5 Å². The Kier molecular flexibility index (Phi) is 6.61. The number of amides is 1. The van der Waals surface area contributed by atoms with Crippen molar-refractivity contribution in [2.75, 3.05) is 11.9 Å². The zero-order chi connectivity index (χ0) is 17.4. The van der Waals surface area contributed by atoms with Crippen LogP contribution in [0.25, 0.3) is 0 Å². The highest BCUT2D eigenvalue weighted by molar-refractivity contribution is 5.94. The van der Waals surface area contributed by atoms with Gasteiger partial charge in [0.25, 0.3) is 5.91 Å². The van der Waals surface area contributed by atoms with Crippen LogP contribution in [0.5, 0.6) is 5.75 Å². The Morgan fingerprint density at radius 1 is 1.17 bits per heavy atom.